The predicted molar refractivity (Wildman–Crippen MR) is 80.6 cm³/mol. The maximum atomic E-state index is 12.6. The first-order valence-corrected chi connectivity index (χ1v) is 8.51. The van der Waals surface area contributed by atoms with Crippen LogP contribution in [0.25, 0.3) is 0 Å². The van der Waals surface area contributed by atoms with Crippen LogP contribution in [0.3, 0.4) is 0 Å². The second-order valence-corrected chi connectivity index (χ2v) is 6.90. The summed E-state index contributed by atoms with van der Waals surface area (Å²) in [6, 6.07) is 3.76. The van der Waals surface area contributed by atoms with Crippen LogP contribution in [0, 0.1) is 5.92 Å². The van der Waals surface area contributed by atoms with E-state index >= 15 is 0 Å². The molecular formula is C14H18N2O6S. The van der Waals surface area contributed by atoms with Crippen LogP contribution in [0.2, 0.25) is 0 Å². The molecule has 126 valence electrons. The van der Waals surface area contributed by atoms with Gasteiger partial charge in [-0.2, -0.15) is 0 Å². The normalized spacial score (nSPS) is 18.5. The number of aliphatic carboxylic acids is 1. The summed E-state index contributed by atoms with van der Waals surface area (Å²) in [5.41, 5.74) is 0.0464. The molecule has 1 atom stereocenters. The number of carboxylic acid groups (broad SMARTS) is 1. The highest BCUT2D eigenvalue weighted by Crippen LogP contribution is 2.26. The first kappa shape index (κ1) is 17.2. The van der Waals surface area contributed by atoms with Gasteiger partial charge < -0.3 is 14.7 Å². The average Bonchev–Trinajstić information content (AvgIpc) is 2.52. The molecule has 1 saturated heterocycles. The van der Waals surface area contributed by atoms with Gasteiger partial charge in [-0.3, -0.25) is 9.59 Å². The molecule has 1 aromatic rings. The summed E-state index contributed by atoms with van der Waals surface area (Å²) in [7, 11) is -2.60. The van der Waals surface area contributed by atoms with Crippen LogP contribution < -0.4 is 9.88 Å². The molecule has 3 N–H and O–H groups in total. The molecule has 8 nitrogen and oxygen atoms in total. The van der Waals surface area contributed by atoms with Gasteiger partial charge in [-0.25, -0.2) is 13.6 Å². The number of benzene rings is 1. The number of nitrogens with two attached hydrogens (primary N) is 1. The van der Waals surface area contributed by atoms with E-state index in [4.69, 9.17) is 15.0 Å². The van der Waals surface area contributed by atoms with E-state index in [2.05, 4.69) is 0 Å². The number of nitrogens with zero attached hydrogens (tertiary/aromatic N) is 1. The number of carboxylic acids is 1. The fourth-order valence-electron chi connectivity index (χ4n) is 2.56. The summed E-state index contributed by atoms with van der Waals surface area (Å²) in [6.45, 7) is 0.488. The zero-order chi connectivity index (χ0) is 17.2. The minimum Gasteiger partial charge on any atom is -0.496 e. The fraction of sp³-hybridized carbons (Fsp3) is 0.429. The third kappa shape index (κ3) is 3.80. The lowest BCUT2D eigenvalue weighted by Crippen LogP contribution is -2.42. The minimum atomic E-state index is -3.96. The monoisotopic (exact) mass is 342 g/mol. The van der Waals surface area contributed by atoms with Crippen molar-refractivity contribution in [3.8, 4) is 5.75 Å². The van der Waals surface area contributed by atoms with Crippen LogP contribution in [-0.4, -0.2) is 50.5 Å². The SMILES string of the molecule is COc1ccc(S(N)(=O)=O)cc1C(=O)N1CCC[C@H](C(=O)O)C1. The Morgan fingerprint density at radius 2 is 2.09 bits per heavy atom. The van der Waals surface area contributed by atoms with Gasteiger partial charge in [-0.05, 0) is 31.0 Å². The lowest BCUT2D eigenvalue weighted by molar-refractivity contribution is -0.143. The molecule has 0 spiro atoms. The maximum Gasteiger partial charge on any atom is 0.308 e. The number of likely N-dealkylation sites (tertiary alicyclic amines) is 1. The second-order valence-electron chi connectivity index (χ2n) is 5.34. The molecule has 1 aliphatic rings. The lowest BCUT2D eigenvalue weighted by Gasteiger charge is -2.31. The maximum absolute atomic E-state index is 12.6. The first-order chi connectivity index (χ1) is 10.7. The molecule has 2 rings (SSSR count). The van der Waals surface area contributed by atoms with Crippen LogP contribution in [0.1, 0.15) is 23.2 Å². The number of carbonyl (C=O) groups excluding carboxylic acids is 1. The van der Waals surface area contributed by atoms with E-state index in [1.54, 1.807) is 0 Å². The number of carbonyl (C=O) groups is 2. The van der Waals surface area contributed by atoms with Gasteiger partial charge in [0.05, 0.1) is 23.5 Å². The quantitative estimate of drug-likeness (QED) is 0.809. The summed E-state index contributed by atoms with van der Waals surface area (Å²) in [5.74, 6) is -1.84. The zero-order valence-corrected chi connectivity index (χ0v) is 13.4. The fourth-order valence-corrected chi connectivity index (χ4v) is 3.10. The molecule has 1 aliphatic heterocycles. The summed E-state index contributed by atoms with van der Waals surface area (Å²) >= 11 is 0. The van der Waals surface area contributed by atoms with Crippen molar-refractivity contribution in [2.45, 2.75) is 17.7 Å². The Hall–Kier alpha value is -2.13. The second kappa shape index (κ2) is 6.55. The highest BCUT2D eigenvalue weighted by atomic mass is 32.2. The van der Waals surface area contributed by atoms with Gasteiger partial charge in [0, 0.05) is 13.1 Å². The highest BCUT2D eigenvalue weighted by Gasteiger charge is 2.30. The molecule has 0 aliphatic carbocycles. The van der Waals surface area contributed by atoms with Gasteiger partial charge in [0.1, 0.15) is 5.75 Å². The zero-order valence-electron chi connectivity index (χ0n) is 12.6. The van der Waals surface area contributed by atoms with E-state index in [-0.39, 0.29) is 22.8 Å². The smallest absolute Gasteiger partial charge is 0.308 e. The Balaban J connectivity index is 2.36. The number of ether oxygens (including phenoxy) is 1. The Morgan fingerprint density at radius 1 is 1.39 bits per heavy atom. The number of hydrogen-bond acceptors (Lipinski definition) is 5. The van der Waals surface area contributed by atoms with E-state index in [1.165, 1.54) is 24.1 Å². The summed E-state index contributed by atoms with van der Waals surface area (Å²) in [5, 5.41) is 14.2. The van der Waals surface area contributed by atoms with Crippen LogP contribution >= 0.6 is 0 Å². The van der Waals surface area contributed by atoms with Gasteiger partial charge in [0.25, 0.3) is 5.91 Å². The summed E-state index contributed by atoms with van der Waals surface area (Å²) in [4.78, 5) is 24.9. The molecule has 23 heavy (non-hydrogen) atoms. The molecule has 0 aromatic heterocycles. The van der Waals surface area contributed by atoms with Crippen molar-refractivity contribution in [3.63, 3.8) is 0 Å². The van der Waals surface area contributed by atoms with Gasteiger partial charge in [0.2, 0.25) is 10.0 Å². The molecule has 0 unspecified atom stereocenters. The number of methoxy groups -OCH3 is 1. The standard InChI is InChI=1S/C14H18N2O6S/c1-22-12-5-4-10(23(15,20)21)7-11(12)13(17)16-6-2-3-9(8-16)14(18)19/h4-5,7,9H,2-3,6,8H2,1H3,(H,18,19)(H2,15,20,21)/t9-/m0/s1. The summed E-state index contributed by atoms with van der Waals surface area (Å²) in [6.07, 6.45) is 1.08. The van der Waals surface area contributed by atoms with E-state index < -0.39 is 27.8 Å². The highest BCUT2D eigenvalue weighted by molar-refractivity contribution is 7.89. The van der Waals surface area contributed by atoms with Gasteiger partial charge in [-0.1, -0.05) is 0 Å². The van der Waals surface area contributed by atoms with Crippen LogP contribution in [0.4, 0.5) is 0 Å². The van der Waals surface area contributed by atoms with E-state index in [0.717, 1.165) is 6.07 Å². The Labute approximate surface area is 133 Å². The number of hydrogen-bond donors (Lipinski definition) is 2. The van der Waals surface area contributed by atoms with Crippen molar-refractivity contribution in [2.75, 3.05) is 20.2 Å². The topological polar surface area (TPSA) is 127 Å². The number of primary sulfonamides is 1. The first-order valence-electron chi connectivity index (χ1n) is 6.97. The molecule has 9 heteroatoms. The molecule has 0 bridgehead atoms. The molecule has 1 heterocycles. The third-order valence-electron chi connectivity index (χ3n) is 3.79. The van der Waals surface area contributed by atoms with Gasteiger partial charge in [0.15, 0.2) is 0 Å². The van der Waals surface area contributed by atoms with Crippen LogP contribution in [-0.2, 0) is 14.8 Å². The van der Waals surface area contributed by atoms with Crippen molar-refractivity contribution in [3.05, 3.63) is 23.8 Å². The van der Waals surface area contributed by atoms with Crippen molar-refractivity contribution in [2.24, 2.45) is 11.1 Å². The van der Waals surface area contributed by atoms with Crippen molar-refractivity contribution < 1.29 is 27.9 Å². The Kier molecular flexibility index (Phi) is 4.90. The molecule has 1 amide bonds. The Bertz CT molecular complexity index is 731. The van der Waals surface area contributed by atoms with E-state index in [9.17, 15) is 18.0 Å². The van der Waals surface area contributed by atoms with Gasteiger partial charge >= 0.3 is 5.97 Å². The Morgan fingerprint density at radius 3 is 2.65 bits per heavy atom. The van der Waals surface area contributed by atoms with Crippen LogP contribution in [0.15, 0.2) is 23.1 Å². The van der Waals surface area contributed by atoms with Crippen molar-refractivity contribution >= 4 is 21.9 Å². The van der Waals surface area contributed by atoms with E-state index in [1.807, 2.05) is 0 Å². The van der Waals surface area contributed by atoms with Crippen molar-refractivity contribution in [1.82, 2.24) is 4.90 Å². The third-order valence-corrected chi connectivity index (χ3v) is 4.70. The van der Waals surface area contributed by atoms with Gasteiger partial charge in [-0.15, -0.1) is 0 Å². The lowest BCUT2D eigenvalue weighted by atomic mass is 9.97. The number of piperidine rings is 1. The molecule has 0 radical (unpaired) electrons. The number of rotatable bonds is 4. The van der Waals surface area contributed by atoms with E-state index in [0.29, 0.717) is 19.4 Å². The summed E-state index contributed by atoms with van der Waals surface area (Å²) < 4.78 is 28.0. The number of amides is 1. The molecule has 1 fully saturated rings. The number of sulfonamides is 1. The molecule has 1 aromatic carbocycles. The predicted octanol–water partition coefficient (Wildman–Crippen LogP) is 0.279. The molecule has 0 saturated carbocycles. The molecular weight excluding hydrogens is 324 g/mol. The minimum absolute atomic E-state index is 0.0464. The van der Waals surface area contributed by atoms with Crippen molar-refractivity contribution in [1.29, 1.82) is 0 Å². The van der Waals surface area contributed by atoms with Crippen LogP contribution in [0.5, 0.6) is 5.75 Å². The largest absolute Gasteiger partial charge is 0.496 e. The average molecular weight is 342 g/mol.